The fourth-order valence-electron chi connectivity index (χ4n) is 4.15. The van der Waals surface area contributed by atoms with Crippen molar-refractivity contribution in [3.63, 3.8) is 0 Å². The van der Waals surface area contributed by atoms with Gasteiger partial charge in [-0.3, -0.25) is 4.79 Å². The van der Waals surface area contributed by atoms with Crippen molar-refractivity contribution < 1.29 is 9.90 Å². The van der Waals surface area contributed by atoms with Crippen molar-refractivity contribution in [3.05, 3.63) is 92.6 Å². The number of carboxylic acid groups (broad SMARTS) is 1. The summed E-state index contributed by atoms with van der Waals surface area (Å²) < 4.78 is 2.24. The highest BCUT2D eigenvalue weighted by Gasteiger charge is 2.32. The van der Waals surface area contributed by atoms with Gasteiger partial charge in [0.25, 0.3) is 0 Å². The monoisotopic (exact) mass is 559 g/mol. The number of carboxylic acids is 1. The molecule has 0 bridgehead atoms. The van der Waals surface area contributed by atoms with E-state index >= 15 is 0 Å². The molecule has 1 aromatic heterocycles. The van der Waals surface area contributed by atoms with Crippen molar-refractivity contribution >= 4 is 63.4 Å². The van der Waals surface area contributed by atoms with Crippen LogP contribution in [0.15, 0.2) is 70.5 Å². The van der Waals surface area contributed by atoms with Crippen molar-refractivity contribution in [2.24, 2.45) is 5.41 Å². The smallest absolute Gasteiger partial charge is 0.309 e. The molecule has 0 spiro atoms. The summed E-state index contributed by atoms with van der Waals surface area (Å²) in [7, 11) is 0. The third-order valence-electron chi connectivity index (χ3n) is 6.36. The lowest BCUT2D eigenvalue weighted by Gasteiger charge is -2.22. The zero-order valence-corrected chi connectivity index (χ0v) is 23.7. The molecule has 0 aliphatic rings. The minimum atomic E-state index is -0.958. The summed E-state index contributed by atoms with van der Waals surface area (Å²) in [4.78, 5) is 14.2. The third kappa shape index (κ3) is 5.73. The van der Waals surface area contributed by atoms with Crippen LogP contribution in [0.4, 0.5) is 0 Å². The van der Waals surface area contributed by atoms with E-state index in [2.05, 4.69) is 36.6 Å². The quantitative estimate of drug-likeness (QED) is 0.233. The number of carbonyl (C=O) groups is 1. The van der Waals surface area contributed by atoms with Gasteiger partial charge in [0.1, 0.15) is 0 Å². The summed E-state index contributed by atoms with van der Waals surface area (Å²) in [5.74, 6) is -0.477. The Balaban J connectivity index is 1.97. The minimum Gasteiger partial charge on any atom is -0.481 e. The van der Waals surface area contributed by atoms with E-state index in [0.29, 0.717) is 34.0 Å². The fraction of sp³-hybridized carbons (Fsp3) is 0.276. The highest BCUT2D eigenvalue weighted by molar-refractivity contribution is 7.99. The Labute approximate surface area is 231 Å². The highest BCUT2D eigenvalue weighted by Crippen LogP contribution is 2.43. The van der Waals surface area contributed by atoms with E-state index < -0.39 is 11.4 Å². The maximum Gasteiger partial charge on any atom is 0.309 e. The molecule has 4 rings (SSSR count). The Morgan fingerprint density at radius 2 is 1.67 bits per heavy atom. The van der Waals surface area contributed by atoms with Gasteiger partial charge in [-0.1, -0.05) is 78.6 Å². The number of aliphatic carboxylic acids is 1. The predicted octanol–water partition coefficient (Wildman–Crippen LogP) is 9.58. The molecular formula is C29H28Cl3NO2S. The number of aromatic nitrogens is 1. The summed E-state index contributed by atoms with van der Waals surface area (Å²) >= 11 is 20.2. The first-order chi connectivity index (χ1) is 17.0. The molecule has 0 aliphatic heterocycles. The predicted molar refractivity (Wildman–Crippen MR) is 152 cm³/mol. The molecule has 0 aliphatic carbocycles. The van der Waals surface area contributed by atoms with Crippen LogP contribution in [0.2, 0.25) is 15.1 Å². The molecule has 0 saturated heterocycles. The van der Waals surface area contributed by atoms with Crippen molar-refractivity contribution in [3.8, 4) is 0 Å². The molecule has 1 heterocycles. The zero-order valence-electron chi connectivity index (χ0n) is 20.6. The summed E-state index contributed by atoms with van der Waals surface area (Å²) in [5.41, 5.74) is 3.40. The fourth-order valence-corrected chi connectivity index (χ4v) is 5.76. The Morgan fingerprint density at radius 3 is 2.28 bits per heavy atom. The van der Waals surface area contributed by atoms with Gasteiger partial charge < -0.3 is 9.67 Å². The highest BCUT2D eigenvalue weighted by atomic mass is 35.5. The van der Waals surface area contributed by atoms with Gasteiger partial charge in [0.05, 0.1) is 15.5 Å². The molecule has 1 N–H and O–H groups in total. The average molecular weight is 561 g/mol. The summed E-state index contributed by atoms with van der Waals surface area (Å²) in [6.45, 7) is 8.49. The van der Waals surface area contributed by atoms with E-state index in [-0.39, 0.29) is 0 Å². The minimum absolute atomic E-state index is 0.357. The van der Waals surface area contributed by atoms with Gasteiger partial charge in [0, 0.05) is 44.4 Å². The number of fused-ring (bicyclic) bond motifs is 1. The Hall–Kier alpha value is -2.11. The first-order valence-corrected chi connectivity index (χ1v) is 13.7. The Kier molecular flexibility index (Phi) is 8.01. The van der Waals surface area contributed by atoms with Crippen LogP contribution in [-0.2, 0) is 17.8 Å². The first kappa shape index (κ1) is 26.9. The molecule has 3 aromatic carbocycles. The lowest BCUT2D eigenvalue weighted by molar-refractivity contribution is -0.146. The van der Waals surface area contributed by atoms with Gasteiger partial charge in [-0.15, -0.1) is 0 Å². The second-order valence-electron chi connectivity index (χ2n) is 9.96. The Bertz CT molecular complexity index is 1420. The second-order valence-corrected chi connectivity index (χ2v) is 12.3. The number of hydrogen-bond acceptors (Lipinski definition) is 2. The molecular weight excluding hydrogens is 533 g/mol. The molecule has 0 fully saturated rings. The van der Waals surface area contributed by atoms with Crippen LogP contribution in [0, 0.1) is 5.41 Å². The van der Waals surface area contributed by atoms with Crippen molar-refractivity contribution in [2.75, 3.05) is 0 Å². The van der Waals surface area contributed by atoms with Crippen LogP contribution < -0.4 is 0 Å². The molecule has 36 heavy (non-hydrogen) atoms. The summed E-state index contributed by atoms with van der Waals surface area (Å²) in [5, 5.41) is 12.8. The van der Waals surface area contributed by atoms with E-state index in [0.717, 1.165) is 32.0 Å². The first-order valence-electron chi connectivity index (χ1n) is 11.7. The normalized spacial score (nSPS) is 12.0. The van der Waals surface area contributed by atoms with E-state index in [1.54, 1.807) is 31.7 Å². The van der Waals surface area contributed by atoms with Gasteiger partial charge >= 0.3 is 5.97 Å². The molecule has 0 atom stereocenters. The second kappa shape index (κ2) is 10.7. The number of benzene rings is 3. The van der Waals surface area contributed by atoms with Gasteiger partial charge in [0.2, 0.25) is 0 Å². The van der Waals surface area contributed by atoms with E-state index in [4.69, 9.17) is 34.8 Å². The SMILES string of the molecule is CC(C)c1ccc2c(c1)c(Sc1ccc(Cl)c(Cl)c1)c(CC(C)(C)C(=O)O)n2Cc1ccc(Cl)cc1. The van der Waals surface area contributed by atoms with Crippen LogP contribution in [0.25, 0.3) is 10.9 Å². The van der Waals surface area contributed by atoms with Crippen molar-refractivity contribution in [1.29, 1.82) is 0 Å². The van der Waals surface area contributed by atoms with Crippen molar-refractivity contribution in [1.82, 2.24) is 4.57 Å². The van der Waals surface area contributed by atoms with Crippen LogP contribution >= 0.6 is 46.6 Å². The lowest BCUT2D eigenvalue weighted by atomic mass is 9.88. The standard InChI is InChI=1S/C29H28Cl3NO2S/c1-17(2)19-7-12-25-22(13-19)27(36-21-10-11-23(31)24(32)14-21)26(15-29(3,4)28(34)35)33(25)16-18-5-8-20(30)9-6-18/h5-14,17H,15-16H2,1-4H3,(H,34,35). The number of halogens is 3. The van der Waals surface area contributed by atoms with Crippen LogP contribution in [-0.4, -0.2) is 15.6 Å². The lowest BCUT2D eigenvalue weighted by Crippen LogP contribution is -2.27. The molecule has 0 saturated carbocycles. The molecule has 0 amide bonds. The molecule has 4 aromatic rings. The largest absolute Gasteiger partial charge is 0.481 e. The third-order valence-corrected chi connectivity index (χ3v) is 8.50. The number of rotatable bonds is 8. The van der Waals surface area contributed by atoms with Gasteiger partial charge in [-0.25, -0.2) is 0 Å². The van der Waals surface area contributed by atoms with Crippen LogP contribution in [0.5, 0.6) is 0 Å². The molecule has 7 heteroatoms. The van der Waals surface area contributed by atoms with Gasteiger partial charge in [-0.05, 0) is 73.4 Å². The average Bonchev–Trinajstić information content (AvgIpc) is 3.08. The number of hydrogen-bond donors (Lipinski definition) is 1. The maximum absolute atomic E-state index is 12.2. The topological polar surface area (TPSA) is 42.2 Å². The number of nitrogens with zero attached hydrogens (tertiary/aromatic N) is 1. The van der Waals surface area contributed by atoms with Gasteiger partial charge in [0.15, 0.2) is 0 Å². The molecule has 0 unspecified atom stereocenters. The van der Waals surface area contributed by atoms with Crippen LogP contribution in [0.1, 0.15) is 50.4 Å². The molecule has 188 valence electrons. The summed E-state index contributed by atoms with van der Waals surface area (Å²) in [6.07, 6.45) is 0.366. The van der Waals surface area contributed by atoms with E-state index in [1.165, 1.54) is 5.56 Å². The van der Waals surface area contributed by atoms with Crippen LogP contribution in [0.3, 0.4) is 0 Å². The maximum atomic E-state index is 12.2. The van der Waals surface area contributed by atoms with Crippen molar-refractivity contribution in [2.45, 2.75) is 56.4 Å². The molecule has 0 radical (unpaired) electrons. The molecule has 3 nitrogen and oxygen atoms in total. The van der Waals surface area contributed by atoms with E-state index in [9.17, 15) is 9.90 Å². The summed E-state index contributed by atoms with van der Waals surface area (Å²) in [6, 6.07) is 19.9. The zero-order chi connectivity index (χ0) is 26.2. The van der Waals surface area contributed by atoms with E-state index in [1.807, 2.05) is 36.4 Å². The van der Waals surface area contributed by atoms with Gasteiger partial charge in [-0.2, -0.15) is 0 Å². The Morgan fingerprint density at radius 1 is 0.972 bits per heavy atom.